The molecule has 0 N–H and O–H groups in total. The fraction of sp³-hybridized carbons (Fsp3) is 0.267. The molecule has 0 fully saturated rings. The van der Waals surface area contributed by atoms with Gasteiger partial charge in [-0.05, 0) is 25.1 Å². The molecule has 2 rings (SSSR count). The minimum absolute atomic E-state index is 0.101. The number of benzene rings is 1. The van der Waals surface area contributed by atoms with Crippen molar-refractivity contribution < 1.29 is 27.3 Å². The number of ether oxygens (including phenoxy) is 1. The quantitative estimate of drug-likeness (QED) is 0.397. The number of hydrogen-bond acceptors (Lipinski definition) is 7. The lowest BCUT2D eigenvalue weighted by atomic mass is 10.3. The maximum Gasteiger partial charge on any atom is 0.321 e. The highest BCUT2D eigenvalue weighted by molar-refractivity contribution is 7.89. The minimum atomic E-state index is -4.18. The number of esters is 1. The number of nitro benzene ring substituents is 1. The summed E-state index contributed by atoms with van der Waals surface area (Å²) in [5.41, 5.74) is -0.366. The molecule has 1 aromatic heterocycles. The van der Waals surface area contributed by atoms with Crippen molar-refractivity contribution in [3.8, 4) is 0 Å². The highest BCUT2D eigenvalue weighted by atomic mass is 32.2. The number of sulfonamides is 1. The van der Waals surface area contributed by atoms with E-state index in [-0.39, 0.29) is 23.7 Å². The molecule has 0 radical (unpaired) electrons. The normalized spacial score (nSPS) is 11.4. The Labute approximate surface area is 144 Å². The minimum Gasteiger partial charge on any atom is -0.468 e. The number of nitro groups is 1. The topological polar surface area (TPSA) is 120 Å². The van der Waals surface area contributed by atoms with Gasteiger partial charge in [-0.1, -0.05) is 6.07 Å². The van der Waals surface area contributed by atoms with Crippen LogP contribution < -0.4 is 0 Å². The SMILES string of the molecule is CCOC(=O)CN(Cc1ccco1)S(=O)(=O)c1cccc([N+](=O)[O-])c1. The van der Waals surface area contributed by atoms with E-state index in [4.69, 9.17) is 9.15 Å². The predicted molar refractivity (Wildman–Crippen MR) is 86.0 cm³/mol. The molecular weight excluding hydrogens is 352 g/mol. The van der Waals surface area contributed by atoms with Crippen molar-refractivity contribution in [3.63, 3.8) is 0 Å². The molecule has 134 valence electrons. The third-order valence-corrected chi connectivity index (χ3v) is 4.98. The Hall–Kier alpha value is -2.72. The zero-order valence-corrected chi connectivity index (χ0v) is 14.1. The molecule has 0 saturated carbocycles. The Kier molecular flexibility index (Phi) is 5.88. The van der Waals surface area contributed by atoms with Gasteiger partial charge < -0.3 is 9.15 Å². The molecule has 0 atom stereocenters. The number of carbonyl (C=O) groups is 1. The number of non-ortho nitro benzene ring substituents is 1. The maximum absolute atomic E-state index is 12.8. The lowest BCUT2D eigenvalue weighted by Crippen LogP contribution is -2.36. The largest absolute Gasteiger partial charge is 0.468 e. The van der Waals surface area contributed by atoms with E-state index in [9.17, 15) is 23.3 Å². The van der Waals surface area contributed by atoms with E-state index >= 15 is 0 Å². The van der Waals surface area contributed by atoms with Gasteiger partial charge in [-0.2, -0.15) is 4.31 Å². The van der Waals surface area contributed by atoms with Gasteiger partial charge in [0.1, 0.15) is 12.3 Å². The molecule has 1 aromatic carbocycles. The second-order valence-corrected chi connectivity index (χ2v) is 6.85. The number of furan rings is 1. The molecule has 0 aliphatic heterocycles. The molecule has 0 spiro atoms. The molecule has 9 nitrogen and oxygen atoms in total. The van der Waals surface area contributed by atoms with Crippen LogP contribution in [0, 0.1) is 10.1 Å². The molecule has 2 aromatic rings. The van der Waals surface area contributed by atoms with Gasteiger partial charge in [0, 0.05) is 12.1 Å². The molecule has 0 aliphatic carbocycles. The van der Waals surface area contributed by atoms with E-state index in [1.54, 1.807) is 19.1 Å². The second-order valence-electron chi connectivity index (χ2n) is 4.91. The number of rotatable bonds is 8. The van der Waals surface area contributed by atoms with Gasteiger partial charge in [0.2, 0.25) is 10.0 Å². The Morgan fingerprint density at radius 2 is 2.08 bits per heavy atom. The van der Waals surface area contributed by atoms with Crippen molar-refractivity contribution in [1.82, 2.24) is 4.31 Å². The summed E-state index contributed by atoms with van der Waals surface area (Å²) in [6.45, 7) is 0.949. The van der Waals surface area contributed by atoms with Crippen LogP contribution in [0.15, 0.2) is 52.0 Å². The molecule has 25 heavy (non-hydrogen) atoms. The van der Waals surface area contributed by atoms with Crippen LogP contribution >= 0.6 is 0 Å². The highest BCUT2D eigenvalue weighted by Crippen LogP contribution is 2.22. The first-order chi connectivity index (χ1) is 11.8. The summed E-state index contributed by atoms with van der Waals surface area (Å²) in [5.74, 6) is -0.415. The molecule has 0 unspecified atom stereocenters. The summed E-state index contributed by atoms with van der Waals surface area (Å²) < 4.78 is 36.4. The van der Waals surface area contributed by atoms with Gasteiger partial charge in [0.05, 0.1) is 29.2 Å². The first kappa shape index (κ1) is 18.6. The summed E-state index contributed by atoms with van der Waals surface area (Å²) in [6, 6.07) is 7.75. The first-order valence-electron chi connectivity index (χ1n) is 7.27. The average molecular weight is 368 g/mol. The third-order valence-electron chi connectivity index (χ3n) is 3.19. The summed E-state index contributed by atoms with van der Waals surface area (Å²) in [4.78, 5) is 21.7. The molecule has 1 heterocycles. The van der Waals surface area contributed by atoms with E-state index < -0.39 is 27.5 Å². The number of hydrogen-bond donors (Lipinski definition) is 0. The van der Waals surface area contributed by atoms with E-state index in [1.807, 2.05) is 0 Å². The predicted octanol–water partition coefficient (Wildman–Crippen LogP) is 1.94. The summed E-state index contributed by atoms with van der Waals surface area (Å²) >= 11 is 0. The van der Waals surface area contributed by atoms with Crippen LogP contribution in [0.1, 0.15) is 12.7 Å². The van der Waals surface area contributed by atoms with Crippen LogP contribution in [0.3, 0.4) is 0 Å². The Bertz CT molecular complexity index is 847. The van der Waals surface area contributed by atoms with Gasteiger partial charge in [-0.25, -0.2) is 8.42 Å². The maximum atomic E-state index is 12.8. The monoisotopic (exact) mass is 368 g/mol. The van der Waals surface area contributed by atoms with Gasteiger partial charge >= 0.3 is 5.97 Å². The van der Waals surface area contributed by atoms with Crippen molar-refractivity contribution in [2.75, 3.05) is 13.2 Å². The summed E-state index contributed by atoms with van der Waals surface area (Å²) in [6.07, 6.45) is 1.37. The Morgan fingerprint density at radius 1 is 1.32 bits per heavy atom. The van der Waals surface area contributed by atoms with E-state index in [0.717, 1.165) is 10.4 Å². The lowest BCUT2D eigenvalue weighted by molar-refractivity contribution is -0.385. The van der Waals surface area contributed by atoms with Crippen LogP contribution in [0.25, 0.3) is 0 Å². The summed E-state index contributed by atoms with van der Waals surface area (Å²) in [5, 5.41) is 10.9. The fourth-order valence-corrected chi connectivity index (χ4v) is 3.45. The Balaban J connectivity index is 2.37. The molecule has 0 saturated heterocycles. The zero-order chi connectivity index (χ0) is 18.4. The van der Waals surface area contributed by atoms with Gasteiger partial charge in [0.15, 0.2) is 0 Å². The molecule has 0 amide bonds. The van der Waals surface area contributed by atoms with E-state index in [2.05, 4.69) is 0 Å². The fourth-order valence-electron chi connectivity index (χ4n) is 2.06. The van der Waals surface area contributed by atoms with Crippen molar-refractivity contribution in [2.24, 2.45) is 0 Å². The van der Waals surface area contributed by atoms with Crippen molar-refractivity contribution >= 4 is 21.7 Å². The van der Waals surface area contributed by atoms with E-state index in [1.165, 1.54) is 24.5 Å². The lowest BCUT2D eigenvalue weighted by Gasteiger charge is -2.20. The number of nitrogens with zero attached hydrogens (tertiary/aromatic N) is 2. The van der Waals surface area contributed by atoms with Crippen LogP contribution in [-0.4, -0.2) is 36.8 Å². The zero-order valence-electron chi connectivity index (χ0n) is 13.3. The second kappa shape index (κ2) is 7.90. The highest BCUT2D eigenvalue weighted by Gasteiger charge is 2.29. The van der Waals surface area contributed by atoms with Crippen LogP contribution in [-0.2, 0) is 26.1 Å². The standard InChI is InChI=1S/C15H16N2O7S/c1-2-23-15(18)11-16(10-13-6-4-8-24-13)25(21,22)14-7-3-5-12(9-14)17(19)20/h3-9H,2,10-11H2,1H3. The van der Waals surface area contributed by atoms with Crippen molar-refractivity contribution in [1.29, 1.82) is 0 Å². The van der Waals surface area contributed by atoms with E-state index in [0.29, 0.717) is 5.76 Å². The van der Waals surface area contributed by atoms with Crippen molar-refractivity contribution in [2.45, 2.75) is 18.4 Å². The molecule has 0 bridgehead atoms. The van der Waals surface area contributed by atoms with Gasteiger partial charge in [-0.3, -0.25) is 14.9 Å². The molecule has 10 heteroatoms. The number of carbonyl (C=O) groups excluding carboxylic acids is 1. The van der Waals surface area contributed by atoms with Crippen LogP contribution in [0.2, 0.25) is 0 Å². The third kappa shape index (κ3) is 4.64. The summed E-state index contributed by atoms with van der Waals surface area (Å²) in [7, 11) is -4.18. The average Bonchev–Trinajstić information content (AvgIpc) is 3.07. The molecule has 0 aliphatic rings. The van der Waals surface area contributed by atoms with Crippen molar-refractivity contribution in [3.05, 3.63) is 58.5 Å². The first-order valence-corrected chi connectivity index (χ1v) is 8.71. The van der Waals surface area contributed by atoms with Crippen LogP contribution in [0.4, 0.5) is 5.69 Å². The molecular formula is C15H16N2O7S. The Morgan fingerprint density at radius 3 is 2.68 bits per heavy atom. The smallest absolute Gasteiger partial charge is 0.321 e. The van der Waals surface area contributed by atoms with Gasteiger partial charge in [0.25, 0.3) is 5.69 Å². The van der Waals surface area contributed by atoms with Crippen LogP contribution in [0.5, 0.6) is 0 Å². The van der Waals surface area contributed by atoms with Gasteiger partial charge in [-0.15, -0.1) is 0 Å².